The number of hydrogen-bond donors (Lipinski definition) is 1. The van der Waals surface area contributed by atoms with Crippen LogP contribution in [-0.2, 0) is 0 Å². The summed E-state index contributed by atoms with van der Waals surface area (Å²) in [5, 5.41) is 3.71. The molecule has 2 fully saturated rings. The summed E-state index contributed by atoms with van der Waals surface area (Å²) < 4.78 is 0. The average Bonchev–Trinajstić information content (AvgIpc) is 2.30. The van der Waals surface area contributed by atoms with Gasteiger partial charge in [0.15, 0.2) is 0 Å². The van der Waals surface area contributed by atoms with Crippen molar-refractivity contribution < 1.29 is 0 Å². The Bertz CT molecular complexity index is 164. The van der Waals surface area contributed by atoms with Crippen LogP contribution in [0.3, 0.4) is 0 Å². The molecule has 14 heavy (non-hydrogen) atoms. The van der Waals surface area contributed by atoms with Crippen molar-refractivity contribution in [2.45, 2.75) is 45.1 Å². The Morgan fingerprint density at radius 2 is 2.14 bits per heavy atom. The van der Waals surface area contributed by atoms with Crippen molar-refractivity contribution in [3.63, 3.8) is 0 Å². The van der Waals surface area contributed by atoms with E-state index in [2.05, 4.69) is 17.1 Å². The molecule has 0 bridgehead atoms. The van der Waals surface area contributed by atoms with Gasteiger partial charge in [0, 0.05) is 12.6 Å². The molecule has 2 aliphatic rings. The zero-order valence-corrected chi connectivity index (χ0v) is 9.47. The summed E-state index contributed by atoms with van der Waals surface area (Å²) >= 11 is 0. The molecule has 0 spiro atoms. The first-order valence-electron chi connectivity index (χ1n) is 6.36. The molecule has 2 rings (SSSR count). The van der Waals surface area contributed by atoms with Crippen molar-refractivity contribution in [1.29, 1.82) is 0 Å². The van der Waals surface area contributed by atoms with Crippen LogP contribution in [-0.4, -0.2) is 37.1 Å². The second-order valence-corrected chi connectivity index (χ2v) is 4.85. The molecule has 0 aliphatic carbocycles. The monoisotopic (exact) mass is 196 g/mol. The number of piperidine rings is 2. The molecule has 0 aromatic carbocycles. The highest BCUT2D eigenvalue weighted by Gasteiger charge is 2.27. The third kappa shape index (κ3) is 2.48. The number of rotatable bonds is 2. The Kier molecular flexibility index (Phi) is 3.82. The van der Waals surface area contributed by atoms with Crippen LogP contribution in [0.15, 0.2) is 0 Å². The number of likely N-dealkylation sites (tertiary alicyclic amines) is 1. The van der Waals surface area contributed by atoms with Crippen LogP contribution in [0.5, 0.6) is 0 Å². The molecule has 0 radical (unpaired) electrons. The molecule has 2 nitrogen and oxygen atoms in total. The van der Waals surface area contributed by atoms with Gasteiger partial charge in [0.05, 0.1) is 0 Å². The van der Waals surface area contributed by atoms with Crippen molar-refractivity contribution in [1.82, 2.24) is 10.2 Å². The number of nitrogens with zero attached hydrogens (tertiary/aromatic N) is 1. The van der Waals surface area contributed by atoms with Gasteiger partial charge in [0.1, 0.15) is 0 Å². The molecule has 2 heteroatoms. The topological polar surface area (TPSA) is 15.3 Å². The lowest BCUT2D eigenvalue weighted by Crippen LogP contribution is -2.47. The van der Waals surface area contributed by atoms with Gasteiger partial charge in [-0.05, 0) is 51.2 Å². The molecule has 2 saturated heterocycles. The molecule has 0 aromatic rings. The summed E-state index contributed by atoms with van der Waals surface area (Å²) in [6, 6.07) is 0.832. The number of hydrogen-bond acceptors (Lipinski definition) is 2. The molecule has 0 aromatic heterocycles. The quantitative estimate of drug-likeness (QED) is 0.725. The smallest absolute Gasteiger partial charge is 0.0108 e. The Morgan fingerprint density at radius 3 is 2.86 bits per heavy atom. The summed E-state index contributed by atoms with van der Waals surface area (Å²) in [6.45, 7) is 7.46. The second kappa shape index (κ2) is 5.13. The van der Waals surface area contributed by atoms with E-state index in [1.165, 1.54) is 58.3 Å². The van der Waals surface area contributed by atoms with Crippen molar-refractivity contribution in [3.05, 3.63) is 0 Å². The largest absolute Gasteiger partial charge is 0.314 e. The van der Waals surface area contributed by atoms with Crippen molar-refractivity contribution in [3.8, 4) is 0 Å². The van der Waals surface area contributed by atoms with E-state index in [4.69, 9.17) is 0 Å². The maximum absolute atomic E-state index is 3.71. The predicted octanol–water partition coefficient (Wildman–Crippen LogP) is 1.86. The summed E-state index contributed by atoms with van der Waals surface area (Å²) in [5.74, 6) is 0.934. The Hall–Kier alpha value is -0.0800. The van der Waals surface area contributed by atoms with Crippen molar-refractivity contribution in [2.75, 3.05) is 26.2 Å². The zero-order valence-electron chi connectivity index (χ0n) is 9.47. The highest BCUT2D eigenvalue weighted by atomic mass is 15.1. The molecule has 2 aliphatic heterocycles. The third-order valence-corrected chi connectivity index (χ3v) is 3.91. The van der Waals surface area contributed by atoms with Gasteiger partial charge < -0.3 is 10.2 Å². The highest BCUT2D eigenvalue weighted by Crippen LogP contribution is 2.24. The number of nitrogens with one attached hydrogen (secondary N) is 1. The fourth-order valence-electron chi connectivity index (χ4n) is 2.99. The lowest BCUT2D eigenvalue weighted by atomic mass is 9.86. The van der Waals surface area contributed by atoms with Crippen LogP contribution in [0.1, 0.15) is 39.0 Å². The third-order valence-electron chi connectivity index (χ3n) is 3.91. The van der Waals surface area contributed by atoms with E-state index in [-0.39, 0.29) is 0 Å². The summed E-state index contributed by atoms with van der Waals surface area (Å²) in [6.07, 6.45) is 7.12. The maximum Gasteiger partial charge on any atom is 0.0108 e. The molecular formula is C12H24N2. The fraction of sp³-hybridized carbons (Fsp3) is 1.00. The zero-order chi connectivity index (χ0) is 9.80. The van der Waals surface area contributed by atoms with Gasteiger partial charge in [-0.15, -0.1) is 0 Å². The van der Waals surface area contributed by atoms with Crippen LogP contribution in [0.4, 0.5) is 0 Å². The van der Waals surface area contributed by atoms with Crippen molar-refractivity contribution in [2.24, 2.45) is 5.92 Å². The van der Waals surface area contributed by atoms with Crippen LogP contribution in [0.25, 0.3) is 0 Å². The minimum Gasteiger partial charge on any atom is -0.314 e. The van der Waals surface area contributed by atoms with E-state index >= 15 is 0 Å². The predicted molar refractivity (Wildman–Crippen MR) is 60.5 cm³/mol. The van der Waals surface area contributed by atoms with E-state index in [0.717, 1.165) is 12.0 Å². The molecule has 1 N–H and O–H groups in total. The molecule has 2 unspecified atom stereocenters. The molecule has 0 saturated carbocycles. The van der Waals surface area contributed by atoms with E-state index in [1.807, 2.05) is 0 Å². The Balaban J connectivity index is 1.83. The normalized spacial score (nSPS) is 35.8. The Labute approximate surface area is 88.1 Å². The first-order valence-corrected chi connectivity index (χ1v) is 6.36. The van der Waals surface area contributed by atoms with E-state index in [1.54, 1.807) is 0 Å². The molecule has 2 heterocycles. The first-order chi connectivity index (χ1) is 6.90. The summed E-state index contributed by atoms with van der Waals surface area (Å²) in [5.41, 5.74) is 0. The highest BCUT2D eigenvalue weighted by molar-refractivity contribution is 4.84. The van der Waals surface area contributed by atoms with Gasteiger partial charge in [0.25, 0.3) is 0 Å². The lowest BCUT2D eigenvalue weighted by Gasteiger charge is -2.38. The molecular weight excluding hydrogens is 172 g/mol. The van der Waals surface area contributed by atoms with Gasteiger partial charge in [-0.3, -0.25) is 0 Å². The molecule has 0 amide bonds. The lowest BCUT2D eigenvalue weighted by molar-refractivity contribution is 0.141. The van der Waals surface area contributed by atoms with Gasteiger partial charge in [-0.1, -0.05) is 13.3 Å². The molecule has 2 atom stereocenters. The second-order valence-electron chi connectivity index (χ2n) is 4.85. The fourth-order valence-corrected chi connectivity index (χ4v) is 2.99. The van der Waals surface area contributed by atoms with Crippen LogP contribution < -0.4 is 5.32 Å². The van der Waals surface area contributed by atoms with Gasteiger partial charge in [-0.2, -0.15) is 0 Å². The van der Waals surface area contributed by atoms with E-state index in [0.29, 0.717) is 0 Å². The minimum atomic E-state index is 0.832. The van der Waals surface area contributed by atoms with E-state index in [9.17, 15) is 0 Å². The summed E-state index contributed by atoms with van der Waals surface area (Å²) in [7, 11) is 0. The van der Waals surface area contributed by atoms with Gasteiger partial charge in [-0.25, -0.2) is 0 Å². The molecule has 82 valence electrons. The van der Waals surface area contributed by atoms with Crippen LogP contribution in [0, 0.1) is 5.92 Å². The minimum absolute atomic E-state index is 0.832. The van der Waals surface area contributed by atoms with Gasteiger partial charge >= 0.3 is 0 Å². The maximum atomic E-state index is 3.71. The SMILES string of the molecule is CCN1CCCC(C2CCCCN2)C1. The van der Waals surface area contributed by atoms with E-state index < -0.39 is 0 Å². The van der Waals surface area contributed by atoms with Crippen LogP contribution in [0.2, 0.25) is 0 Å². The Morgan fingerprint density at radius 1 is 1.21 bits per heavy atom. The van der Waals surface area contributed by atoms with Crippen LogP contribution >= 0.6 is 0 Å². The van der Waals surface area contributed by atoms with Gasteiger partial charge in [0.2, 0.25) is 0 Å². The summed E-state index contributed by atoms with van der Waals surface area (Å²) in [4.78, 5) is 2.62. The standard InChI is InChI=1S/C12H24N2/c1-2-14-9-5-6-11(10-14)12-7-3-4-8-13-12/h11-13H,2-10H2,1H3. The van der Waals surface area contributed by atoms with Crippen molar-refractivity contribution >= 4 is 0 Å². The first kappa shape index (κ1) is 10.4. The average molecular weight is 196 g/mol.